The van der Waals surface area contributed by atoms with Crippen molar-refractivity contribution in [1.29, 1.82) is 0 Å². The average Bonchev–Trinajstić information content (AvgIpc) is 2.13. The molecular formula is C9H19ClN2O3S. The zero-order chi connectivity index (χ0) is 12.8. The van der Waals surface area contributed by atoms with Crippen LogP contribution >= 0.6 is 11.6 Å². The number of carbonyl (C=O) groups is 1. The highest BCUT2D eigenvalue weighted by atomic mass is 35.5. The first kappa shape index (κ1) is 15.7. The van der Waals surface area contributed by atoms with E-state index in [1.807, 2.05) is 13.8 Å². The summed E-state index contributed by atoms with van der Waals surface area (Å²) in [5, 5.41) is 2.63. The predicted octanol–water partition coefficient (Wildman–Crippen LogP) is 0.401. The van der Waals surface area contributed by atoms with Crippen molar-refractivity contribution >= 4 is 27.5 Å². The Labute approximate surface area is 102 Å². The van der Waals surface area contributed by atoms with Crippen molar-refractivity contribution < 1.29 is 13.2 Å². The van der Waals surface area contributed by atoms with Gasteiger partial charge in [-0.2, -0.15) is 4.31 Å². The molecule has 0 aliphatic carbocycles. The number of nitrogens with zero attached hydrogens (tertiary/aromatic N) is 1. The molecular weight excluding hydrogens is 252 g/mol. The standard InChI is InChI=1S/C9H19ClN2O3S/c1-8(2)11-9(13)7-12(3)16(14,15)6-4-5-10/h8H,4-7H2,1-3H3,(H,11,13). The minimum absolute atomic E-state index is 0.00597. The van der Waals surface area contributed by atoms with Gasteiger partial charge in [-0.25, -0.2) is 8.42 Å². The molecule has 1 N–H and O–H groups in total. The van der Waals surface area contributed by atoms with Crippen LogP contribution in [0.5, 0.6) is 0 Å². The second kappa shape index (κ2) is 7.09. The van der Waals surface area contributed by atoms with Crippen molar-refractivity contribution in [3.63, 3.8) is 0 Å². The lowest BCUT2D eigenvalue weighted by molar-refractivity contribution is -0.121. The Kier molecular flexibility index (Phi) is 6.94. The SMILES string of the molecule is CC(C)NC(=O)CN(C)S(=O)(=O)CCCCl. The van der Waals surface area contributed by atoms with Gasteiger partial charge in [0.05, 0.1) is 12.3 Å². The van der Waals surface area contributed by atoms with Gasteiger partial charge in [0.2, 0.25) is 15.9 Å². The van der Waals surface area contributed by atoms with Crippen LogP contribution in [0.1, 0.15) is 20.3 Å². The smallest absolute Gasteiger partial charge is 0.235 e. The summed E-state index contributed by atoms with van der Waals surface area (Å²) in [7, 11) is -1.97. The van der Waals surface area contributed by atoms with Gasteiger partial charge in [0.1, 0.15) is 0 Å². The van der Waals surface area contributed by atoms with Crippen LogP contribution in [0.2, 0.25) is 0 Å². The maximum absolute atomic E-state index is 11.6. The van der Waals surface area contributed by atoms with Gasteiger partial charge in [0, 0.05) is 19.0 Å². The summed E-state index contributed by atoms with van der Waals surface area (Å²) in [6, 6.07) is 0.00597. The van der Waals surface area contributed by atoms with Crippen molar-refractivity contribution in [2.75, 3.05) is 25.2 Å². The topological polar surface area (TPSA) is 66.5 Å². The fourth-order valence-electron chi connectivity index (χ4n) is 1.06. The maximum Gasteiger partial charge on any atom is 0.235 e. The van der Waals surface area contributed by atoms with Crippen LogP contribution < -0.4 is 5.32 Å². The first-order chi connectivity index (χ1) is 7.29. The van der Waals surface area contributed by atoms with E-state index >= 15 is 0 Å². The number of carbonyl (C=O) groups excluding carboxylic acids is 1. The molecule has 0 heterocycles. The Morgan fingerprint density at radius 2 is 2.00 bits per heavy atom. The molecule has 0 rings (SSSR count). The van der Waals surface area contributed by atoms with Gasteiger partial charge in [-0.15, -0.1) is 11.6 Å². The highest BCUT2D eigenvalue weighted by molar-refractivity contribution is 7.89. The fourth-order valence-corrected chi connectivity index (χ4v) is 2.49. The molecule has 0 aliphatic rings. The summed E-state index contributed by atoms with van der Waals surface area (Å²) in [5.41, 5.74) is 0. The lowest BCUT2D eigenvalue weighted by Gasteiger charge is -2.17. The molecule has 0 saturated heterocycles. The number of hydrogen-bond donors (Lipinski definition) is 1. The van der Waals surface area contributed by atoms with E-state index in [-0.39, 0.29) is 24.2 Å². The minimum atomic E-state index is -3.37. The molecule has 0 unspecified atom stereocenters. The van der Waals surface area contributed by atoms with E-state index in [2.05, 4.69) is 5.32 Å². The van der Waals surface area contributed by atoms with Crippen LogP contribution in [-0.2, 0) is 14.8 Å². The first-order valence-corrected chi connectivity index (χ1v) is 7.23. The third-order valence-electron chi connectivity index (χ3n) is 1.83. The number of halogens is 1. The van der Waals surface area contributed by atoms with Crippen molar-refractivity contribution in [2.24, 2.45) is 0 Å². The number of rotatable bonds is 7. The van der Waals surface area contributed by atoms with E-state index in [1.54, 1.807) is 0 Å². The normalized spacial score (nSPS) is 12.1. The molecule has 0 saturated carbocycles. The molecule has 0 spiro atoms. The maximum atomic E-state index is 11.6. The van der Waals surface area contributed by atoms with Crippen LogP contribution in [0.4, 0.5) is 0 Å². The van der Waals surface area contributed by atoms with Crippen LogP contribution in [0, 0.1) is 0 Å². The van der Waals surface area contributed by atoms with E-state index in [0.717, 1.165) is 4.31 Å². The average molecular weight is 271 g/mol. The molecule has 16 heavy (non-hydrogen) atoms. The second-order valence-corrected chi connectivity index (χ2v) is 6.41. The van der Waals surface area contributed by atoms with Gasteiger partial charge >= 0.3 is 0 Å². The molecule has 0 bridgehead atoms. The Morgan fingerprint density at radius 1 is 1.44 bits per heavy atom. The molecule has 0 aromatic rings. The number of sulfonamides is 1. The quantitative estimate of drug-likeness (QED) is 0.681. The van der Waals surface area contributed by atoms with Crippen LogP contribution in [-0.4, -0.2) is 49.9 Å². The first-order valence-electron chi connectivity index (χ1n) is 5.09. The van der Waals surface area contributed by atoms with Crippen molar-refractivity contribution in [2.45, 2.75) is 26.3 Å². The highest BCUT2D eigenvalue weighted by Crippen LogP contribution is 2.01. The molecule has 0 fully saturated rings. The molecule has 0 aromatic carbocycles. The molecule has 1 amide bonds. The van der Waals surface area contributed by atoms with Gasteiger partial charge in [0.15, 0.2) is 0 Å². The lowest BCUT2D eigenvalue weighted by Crippen LogP contribution is -2.41. The highest BCUT2D eigenvalue weighted by Gasteiger charge is 2.19. The third kappa shape index (κ3) is 6.30. The van der Waals surface area contributed by atoms with E-state index in [4.69, 9.17) is 11.6 Å². The number of nitrogens with one attached hydrogen (secondary N) is 1. The third-order valence-corrected chi connectivity index (χ3v) is 3.98. The van der Waals surface area contributed by atoms with Crippen molar-refractivity contribution in [1.82, 2.24) is 9.62 Å². The van der Waals surface area contributed by atoms with Gasteiger partial charge in [0.25, 0.3) is 0 Å². The Bertz CT molecular complexity index is 317. The van der Waals surface area contributed by atoms with Crippen LogP contribution in [0.25, 0.3) is 0 Å². The van der Waals surface area contributed by atoms with Crippen molar-refractivity contribution in [3.8, 4) is 0 Å². The summed E-state index contributed by atoms with van der Waals surface area (Å²) < 4.78 is 24.2. The van der Waals surface area contributed by atoms with Crippen molar-refractivity contribution in [3.05, 3.63) is 0 Å². The van der Waals surface area contributed by atoms with Crippen LogP contribution in [0.3, 0.4) is 0 Å². The Balaban J connectivity index is 4.23. The second-order valence-electron chi connectivity index (χ2n) is 3.84. The number of hydrogen-bond acceptors (Lipinski definition) is 3. The number of amides is 1. The summed E-state index contributed by atoms with van der Waals surface area (Å²) in [6.45, 7) is 3.49. The zero-order valence-corrected chi connectivity index (χ0v) is 11.4. The number of likely N-dealkylation sites (N-methyl/N-ethyl adjacent to an activating group) is 1. The van der Waals surface area contributed by atoms with Gasteiger partial charge in [-0.05, 0) is 20.3 Å². The molecule has 96 valence electrons. The summed E-state index contributed by atoms with van der Waals surface area (Å²) in [6.07, 6.45) is 0.389. The van der Waals surface area contributed by atoms with Gasteiger partial charge in [-0.3, -0.25) is 4.79 Å². The molecule has 0 aliphatic heterocycles. The van der Waals surface area contributed by atoms with Gasteiger partial charge < -0.3 is 5.32 Å². The largest absolute Gasteiger partial charge is 0.353 e. The van der Waals surface area contributed by atoms with E-state index in [0.29, 0.717) is 12.3 Å². The minimum Gasteiger partial charge on any atom is -0.353 e. The summed E-state index contributed by atoms with van der Waals surface area (Å²) >= 11 is 5.42. The molecule has 0 atom stereocenters. The lowest BCUT2D eigenvalue weighted by atomic mass is 10.4. The van der Waals surface area contributed by atoms with E-state index in [9.17, 15) is 13.2 Å². The molecule has 5 nitrogen and oxygen atoms in total. The fraction of sp³-hybridized carbons (Fsp3) is 0.889. The van der Waals surface area contributed by atoms with Crippen LogP contribution in [0.15, 0.2) is 0 Å². The molecule has 0 radical (unpaired) electrons. The summed E-state index contributed by atoms with van der Waals surface area (Å²) in [5.74, 6) is -0.0281. The molecule has 7 heteroatoms. The van der Waals surface area contributed by atoms with E-state index in [1.165, 1.54) is 7.05 Å². The van der Waals surface area contributed by atoms with Gasteiger partial charge in [-0.1, -0.05) is 0 Å². The monoisotopic (exact) mass is 270 g/mol. The predicted molar refractivity (Wildman–Crippen MR) is 65.0 cm³/mol. The molecule has 0 aromatic heterocycles. The zero-order valence-electron chi connectivity index (χ0n) is 9.86. The Morgan fingerprint density at radius 3 is 2.44 bits per heavy atom. The Hall–Kier alpha value is -0.330. The summed E-state index contributed by atoms with van der Waals surface area (Å²) in [4.78, 5) is 11.3. The number of alkyl halides is 1. The van der Waals surface area contributed by atoms with E-state index < -0.39 is 10.0 Å².